The van der Waals surface area contributed by atoms with E-state index in [-0.39, 0.29) is 35.3 Å². The van der Waals surface area contributed by atoms with E-state index in [1.165, 1.54) is 0 Å². The van der Waals surface area contributed by atoms with E-state index >= 15 is 0 Å². The molecule has 6 nitrogen and oxygen atoms in total. The van der Waals surface area contributed by atoms with Gasteiger partial charge in [0.1, 0.15) is 0 Å². The summed E-state index contributed by atoms with van der Waals surface area (Å²) in [6.07, 6.45) is 3.23. The van der Waals surface area contributed by atoms with Gasteiger partial charge in [-0.1, -0.05) is 13.3 Å². The standard InChI is InChI=1S/C12H26O6S.Na.H/c1-2-3-6-16-8-10-18-11-9-17-7-4-5-12-19(13,14)15;;/h2-12H2,1H3,(H,13,14,15);;. The second-order valence-electron chi connectivity index (χ2n) is 4.18. The molecule has 0 amide bonds. The van der Waals surface area contributed by atoms with E-state index in [4.69, 9.17) is 18.8 Å². The molecule has 0 radical (unpaired) electrons. The second kappa shape index (κ2) is 16.2. The summed E-state index contributed by atoms with van der Waals surface area (Å²) in [5.74, 6) is -0.206. The van der Waals surface area contributed by atoms with Crippen LogP contribution >= 0.6 is 0 Å². The van der Waals surface area contributed by atoms with Gasteiger partial charge in [-0.3, -0.25) is 4.55 Å². The zero-order valence-corrected chi connectivity index (χ0v) is 12.5. The molecule has 20 heavy (non-hydrogen) atoms. The first-order chi connectivity index (χ1) is 9.06. The van der Waals surface area contributed by atoms with Crippen molar-refractivity contribution < 1.29 is 27.2 Å². The summed E-state index contributed by atoms with van der Waals surface area (Å²) in [5, 5.41) is 0. The fraction of sp³-hybridized carbons (Fsp3) is 1.00. The minimum atomic E-state index is -3.83. The monoisotopic (exact) mass is 322 g/mol. The first kappa shape index (κ1) is 23.1. The molecule has 0 rings (SSSR count). The molecule has 0 unspecified atom stereocenters. The molecule has 0 bridgehead atoms. The summed E-state index contributed by atoms with van der Waals surface area (Å²) in [6.45, 7) is 5.55. The van der Waals surface area contributed by atoms with Gasteiger partial charge in [-0.2, -0.15) is 8.42 Å². The fourth-order valence-corrected chi connectivity index (χ4v) is 1.85. The summed E-state index contributed by atoms with van der Waals surface area (Å²) < 4.78 is 45.2. The van der Waals surface area contributed by atoms with Gasteiger partial charge in [-0.05, 0) is 19.3 Å². The van der Waals surface area contributed by atoms with Crippen LogP contribution in [0.5, 0.6) is 0 Å². The van der Waals surface area contributed by atoms with E-state index in [2.05, 4.69) is 6.92 Å². The molecular formula is C12H27NaO6S. The average molecular weight is 322 g/mol. The zero-order chi connectivity index (χ0) is 14.4. The summed E-state index contributed by atoms with van der Waals surface area (Å²) in [4.78, 5) is 0. The summed E-state index contributed by atoms with van der Waals surface area (Å²) in [7, 11) is -3.83. The normalized spacial score (nSPS) is 11.3. The van der Waals surface area contributed by atoms with Crippen molar-refractivity contribution in [2.24, 2.45) is 0 Å². The molecule has 0 aliphatic rings. The topological polar surface area (TPSA) is 82.1 Å². The van der Waals surface area contributed by atoms with Gasteiger partial charge < -0.3 is 14.2 Å². The van der Waals surface area contributed by atoms with Gasteiger partial charge in [-0.25, -0.2) is 0 Å². The van der Waals surface area contributed by atoms with E-state index in [1.54, 1.807) is 0 Å². The van der Waals surface area contributed by atoms with Crippen LogP contribution in [-0.4, -0.2) is 87.9 Å². The van der Waals surface area contributed by atoms with Crippen molar-refractivity contribution in [3.05, 3.63) is 0 Å². The summed E-state index contributed by atoms with van der Waals surface area (Å²) in [6, 6.07) is 0. The molecule has 0 aliphatic heterocycles. The van der Waals surface area contributed by atoms with Crippen LogP contribution in [0.25, 0.3) is 0 Å². The molecule has 0 spiro atoms. The van der Waals surface area contributed by atoms with Crippen LogP contribution in [-0.2, 0) is 24.3 Å². The van der Waals surface area contributed by atoms with E-state index in [0.29, 0.717) is 45.9 Å². The Kier molecular flexibility index (Phi) is 18.6. The summed E-state index contributed by atoms with van der Waals surface area (Å²) >= 11 is 0. The molecule has 118 valence electrons. The molecule has 0 saturated heterocycles. The molecule has 8 heteroatoms. The zero-order valence-electron chi connectivity index (χ0n) is 11.7. The first-order valence-corrected chi connectivity index (χ1v) is 8.35. The molecule has 0 saturated carbocycles. The van der Waals surface area contributed by atoms with Crippen molar-refractivity contribution in [3.8, 4) is 0 Å². The van der Waals surface area contributed by atoms with Crippen LogP contribution < -0.4 is 0 Å². The third-order valence-corrected chi connectivity index (χ3v) is 3.13. The van der Waals surface area contributed by atoms with Crippen LogP contribution in [0, 0.1) is 0 Å². The van der Waals surface area contributed by atoms with Crippen LogP contribution in [0.15, 0.2) is 0 Å². The Hall–Kier alpha value is 0.790. The number of hydrogen-bond donors (Lipinski definition) is 1. The van der Waals surface area contributed by atoms with Gasteiger partial charge in [0.25, 0.3) is 10.1 Å². The third kappa shape index (κ3) is 21.1. The SMILES string of the molecule is CCCCOCCOCCOCCCCS(=O)(=O)O.[NaH]. The number of unbranched alkanes of at least 4 members (excludes halogenated alkanes) is 2. The fourth-order valence-electron chi connectivity index (χ4n) is 1.28. The summed E-state index contributed by atoms with van der Waals surface area (Å²) in [5.41, 5.74) is 0. The quantitative estimate of drug-likeness (QED) is 0.290. The van der Waals surface area contributed by atoms with Crippen molar-refractivity contribution in [2.75, 3.05) is 45.4 Å². The van der Waals surface area contributed by atoms with Gasteiger partial charge in [0.15, 0.2) is 0 Å². The van der Waals surface area contributed by atoms with Gasteiger partial charge >= 0.3 is 29.6 Å². The molecule has 0 aromatic carbocycles. The average Bonchev–Trinajstić information content (AvgIpc) is 2.34. The van der Waals surface area contributed by atoms with Gasteiger partial charge in [-0.15, -0.1) is 0 Å². The van der Waals surface area contributed by atoms with Crippen molar-refractivity contribution >= 4 is 39.7 Å². The molecule has 0 aromatic heterocycles. The molecule has 0 heterocycles. The van der Waals surface area contributed by atoms with Gasteiger partial charge in [0.05, 0.1) is 32.2 Å². The Bertz CT molecular complexity index is 284. The Morgan fingerprint density at radius 1 is 0.800 bits per heavy atom. The van der Waals surface area contributed by atoms with E-state index in [9.17, 15) is 8.42 Å². The maximum absolute atomic E-state index is 10.4. The predicted octanol–water partition coefficient (Wildman–Crippen LogP) is 0.856. The first-order valence-electron chi connectivity index (χ1n) is 6.74. The Labute approximate surface area is 144 Å². The van der Waals surface area contributed by atoms with Crippen molar-refractivity contribution in [1.29, 1.82) is 0 Å². The van der Waals surface area contributed by atoms with E-state index in [1.807, 2.05) is 0 Å². The van der Waals surface area contributed by atoms with Crippen molar-refractivity contribution in [1.82, 2.24) is 0 Å². The molecule has 0 atom stereocenters. The molecular weight excluding hydrogens is 295 g/mol. The molecule has 0 aliphatic carbocycles. The van der Waals surface area contributed by atoms with Crippen LogP contribution in [0.2, 0.25) is 0 Å². The Balaban J connectivity index is 0. The van der Waals surface area contributed by atoms with Crippen LogP contribution in [0.3, 0.4) is 0 Å². The maximum atomic E-state index is 10.4. The molecule has 0 fully saturated rings. The van der Waals surface area contributed by atoms with Crippen molar-refractivity contribution in [3.63, 3.8) is 0 Å². The molecule has 1 N–H and O–H groups in total. The number of hydrogen-bond acceptors (Lipinski definition) is 5. The number of rotatable bonds is 14. The van der Waals surface area contributed by atoms with Gasteiger partial charge in [0.2, 0.25) is 0 Å². The molecule has 0 aromatic rings. The number of ether oxygens (including phenoxy) is 3. The Morgan fingerprint density at radius 2 is 1.25 bits per heavy atom. The van der Waals surface area contributed by atoms with Crippen LogP contribution in [0.4, 0.5) is 0 Å². The van der Waals surface area contributed by atoms with Crippen LogP contribution in [0.1, 0.15) is 32.6 Å². The third-order valence-electron chi connectivity index (χ3n) is 2.33. The van der Waals surface area contributed by atoms with Crippen molar-refractivity contribution in [2.45, 2.75) is 32.6 Å². The predicted molar refractivity (Wildman–Crippen MR) is 80.2 cm³/mol. The second-order valence-corrected chi connectivity index (χ2v) is 5.76. The Morgan fingerprint density at radius 3 is 1.70 bits per heavy atom. The van der Waals surface area contributed by atoms with E-state index in [0.717, 1.165) is 19.4 Å². The van der Waals surface area contributed by atoms with Gasteiger partial charge in [0, 0.05) is 13.2 Å². The van der Waals surface area contributed by atoms with E-state index < -0.39 is 10.1 Å². The minimum absolute atomic E-state index is 0.